The van der Waals surface area contributed by atoms with Gasteiger partial charge in [-0.1, -0.05) is 18.2 Å². The van der Waals surface area contributed by atoms with Gasteiger partial charge < -0.3 is 19.7 Å². The third-order valence-electron chi connectivity index (χ3n) is 3.96. The average molecular weight is 345 g/mol. The smallest absolute Gasteiger partial charge is 0.260 e. The van der Waals surface area contributed by atoms with Crippen LogP contribution in [0.5, 0.6) is 5.75 Å². The molecule has 0 bridgehead atoms. The van der Waals surface area contributed by atoms with Crippen molar-refractivity contribution in [3.05, 3.63) is 54.0 Å². The van der Waals surface area contributed by atoms with Crippen LogP contribution in [0.3, 0.4) is 0 Å². The number of nitrogens with zero attached hydrogens (tertiary/aromatic N) is 2. The molecule has 7 heteroatoms. The molecular formula is C18H20FN3O3. The molecule has 1 aromatic carbocycles. The number of benzene rings is 1. The number of carbonyl (C=O) groups excluding carboxylic acids is 1. The van der Waals surface area contributed by atoms with E-state index in [4.69, 9.17) is 9.47 Å². The van der Waals surface area contributed by atoms with Crippen molar-refractivity contribution in [2.75, 3.05) is 38.7 Å². The van der Waals surface area contributed by atoms with E-state index in [9.17, 15) is 9.18 Å². The van der Waals surface area contributed by atoms with Crippen molar-refractivity contribution >= 4 is 11.7 Å². The molecule has 6 nitrogen and oxygen atoms in total. The number of amides is 1. The summed E-state index contributed by atoms with van der Waals surface area (Å²) in [5, 5.41) is 2.98. The highest BCUT2D eigenvalue weighted by Crippen LogP contribution is 2.22. The number of anilines is 1. The lowest BCUT2D eigenvalue weighted by molar-refractivity contribution is -0.141. The van der Waals surface area contributed by atoms with E-state index in [-0.39, 0.29) is 24.4 Å². The van der Waals surface area contributed by atoms with Gasteiger partial charge in [-0.15, -0.1) is 0 Å². The highest BCUT2D eigenvalue weighted by molar-refractivity contribution is 5.78. The molecule has 1 atom stereocenters. The Morgan fingerprint density at radius 3 is 3.00 bits per heavy atom. The molecule has 0 spiro atoms. The van der Waals surface area contributed by atoms with Crippen LogP contribution < -0.4 is 10.1 Å². The minimum absolute atomic E-state index is 0.0732. The zero-order valence-electron chi connectivity index (χ0n) is 13.9. The molecule has 0 radical (unpaired) electrons. The highest BCUT2D eigenvalue weighted by Gasteiger charge is 2.26. The molecule has 1 amide bonds. The number of aromatic nitrogens is 1. The van der Waals surface area contributed by atoms with Gasteiger partial charge in [0.15, 0.2) is 18.2 Å². The van der Waals surface area contributed by atoms with Gasteiger partial charge in [-0.05, 0) is 24.3 Å². The van der Waals surface area contributed by atoms with Crippen LogP contribution in [0, 0.1) is 5.82 Å². The average Bonchev–Trinajstić information content (AvgIpc) is 2.67. The largest absolute Gasteiger partial charge is 0.481 e. The number of ether oxygens (including phenoxy) is 2. The number of hydrogen-bond acceptors (Lipinski definition) is 5. The molecule has 2 aromatic rings. The summed E-state index contributed by atoms with van der Waals surface area (Å²) in [6, 6.07) is 11.6. The standard InChI is InChI=1S/C18H20FN3O3/c1-20-17-8-4-6-14(21-17)16-11-22(9-10-24-16)18(23)12-25-15-7-3-2-5-13(15)19/h2-8,16H,9-12H2,1H3,(H,20,21)/t16-/m0/s1. The van der Waals surface area contributed by atoms with Gasteiger partial charge in [0.1, 0.15) is 11.9 Å². The summed E-state index contributed by atoms with van der Waals surface area (Å²) < 4.78 is 24.6. The third-order valence-corrected chi connectivity index (χ3v) is 3.96. The van der Waals surface area contributed by atoms with Crippen LogP contribution in [-0.4, -0.2) is 49.1 Å². The highest BCUT2D eigenvalue weighted by atomic mass is 19.1. The fourth-order valence-corrected chi connectivity index (χ4v) is 2.62. The molecule has 1 N–H and O–H groups in total. The molecule has 1 fully saturated rings. The van der Waals surface area contributed by atoms with Crippen LogP contribution in [-0.2, 0) is 9.53 Å². The van der Waals surface area contributed by atoms with Crippen LogP contribution >= 0.6 is 0 Å². The monoisotopic (exact) mass is 345 g/mol. The SMILES string of the molecule is CNc1cccc([C@@H]2CN(C(=O)COc3ccccc3F)CCO2)n1. The van der Waals surface area contributed by atoms with Gasteiger partial charge in [0, 0.05) is 13.6 Å². The number of pyridine rings is 1. The lowest BCUT2D eigenvalue weighted by Gasteiger charge is -2.32. The maximum Gasteiger partial charge on any atom is 0.260 e. The maximum atomic E-state index is 13.6. The van der Waals surface area contributed by atoms with Crippen molar-refractivity contribution in [2.24, 2.45) is 0 Å². The second-order valence-corrected chi connectivity index (χ2v) is 5.62. The quantitative estimate of drug-likeness (QED) is 0.900. The molecular weight excluding hydrogens is 325 g/mol. The first-order chi connectivity index (χ1) is 12.2. The number of rotatable bonds is 5. The van der Waals surface area contributed by atoms with Gasteiger partial charge in [-0.25, -0.2) is 9.37 Å². The number of carbonyl (C=O) groups is 1. The molecule has 0 saturated carbocycles. The van der Waals surface area contributed by atoms with E-state index in [1.165, 1.54) is 12.1 Å². The molecule has 1 saturated heterocycles. The third kappa shape index (κ3) is 4.24. The minimum Gasteiger partial charge on any atom is -0.481 e. The topological polar surface area (TPSA) is 63.7 Å². The van der Waals surface area contributed by atoms with E-state index in [2.05, 4.69) is 10.3 Å². The summed E-state index contributed by atoms with van der Waals surface area (Å²) in [6.45, 7) is 1.07. The van der Waals surface area contributed by atoms with Gasteiger partial charge in [0.2, 0.25) is 0 Å². The number of nitrogens with one attached hydrogen (secondary N) is 1. The molecule has 25 heavy (non-hydrogen) atoms. The second-order valence-electron chi connectivity index (χ2n) is 5.62. The first kappa shape index (κ1) is 17.2. The first-order valence-electron chi connectivity index (χ1n) is 8.09. The first-order valence-corrected chi connectivity index (χ1v) is 8.09. The molecule has 1 aliphatic heterocycles. The van der Waals surface area contributed by atoms with Gasteiger partial charge in [0.05, 0.1) is 18.8 Å². The van der Waals surface area contributed by atoms with Gasteiger partial charge >= 0.3 is 0 Å². The fraction of sp³-hybridized carbons (Fsp3) is 0.333. The Hall–Kier alpha value is -2.67. The Labute approximate surface area is 145 Å². The molecule has 3 rings (SSSR count). The molecule has 2 heterocycles. The van der Waals surface area contributed by atoms with Crippen LogP contribution in [0.4, 0.5) is 10.2 Å². The summed E-state index contributed by atoms with van der Waals surface area (Å²) in [5.41, 5.74) is 0.763. The molecule has 1 aliphatic rings. The van der Waals surface area contributed by atoms with Crippen molar-refractivity contribution < 1.29 is 18.7 Å². The predicted molar refractivity (Wildman–Crippen MR) is 91.0 cm³/mol. The van der Waals surface area contributed by atoms with Gasteiger partial charge in [0.25, 0.3) is 5.91 Å². The summed E-state index contributed by atoms with van der Waals surface area (Å²) in [5.74, 6) is 0.126. The summed E-state index contributed by atoms with van der Waals surface area (Å²) >= 11 is 0. The van der Waals surface area contributed by atoms with Crippen molar-refractivity contribution in [1.82, 2.24) is 9.88 Å². The van der Waals surface area contributed by atoms with Crippen molar-refractivity contribution in [3.63, 3.8) is 0 Å². The normalized spacial score (nSPS) is 17.2. The Morgan fingerprint density at radius 1 is 1.36 bits per heavy atom. The second kappa shape index (κ2) is 7.94. The lowest BCUT2D eigenvalue weighted by Crippen LogP contribution is -2.44. The summed E-state index contributed by atoms with van der Waals surface area (Å²) in [6.07, 6.45) is -0.292. The number of para-hydroxylation sites is 1. The van der Waals surface area contributed by atoms with E-state index in [1.807, 2.05) is 18.2 Å². The number of hydrogen-bond donors (Lipinski definition) is 1. The van der Waals surface area contributed by atoms with Crippen molar-refractivity contribution in [2.45, 2.75) is 6.10 Å². The van der Waals surface area contributed by atoms with Gasteiger partial charge in [-0.2, -0.15) is 0 Å². The number of halogens is 1. The van der Waals surface area contributed by atoms with E-state index in [0.717, 1.165) is 11.5 Å². The minimum atomic E-state index is -0.483. The van der Waals surface area contributed by atoms with E-state index in [0.29, 0.717) is 19.7 Å². The Morgan fingerprint density at radius 2 is 2.20 bits per heavy atom. The zero-order chi connectivity index (χ0) is 17.6. The maximum absolute atomic E-state index is 13.6. The number of morpholine rings is 1. The van der Waals surface area contributed by atoms with Gasteiger partial charge in [-0.3, -0.25) is 4.79 Å². The predicted octanol–water partition coefficient (Wildman–Crippen LogP) is 2.24. The van der Waals surface area contributed by atoms with Crippen LogP contribution in [0.15, 0.2) is 42.5 Å². The molecule has 1 aromatic heterocycles. The van der Waals surface area contributed by atoms with Crippen LogP contribution in [0.1, 0.15) is 11.8 Å². The lowest BCUT2D eigenvalue weighted by atomic mass is 10.2. The van der Waals surface area contributed by atoms with E-state index >= 15 is 0 Å². The van der Waals surface area contributed by atoms with E-state index in [1.54, 1.807) is 24.1 Å². The Bertz CT molecular complexity index is 741. The molecule has 132 valence electrons. The zero-order valence-corrected chi connectivity index (χ0v) is 13.9. The van der Waals surface area contributed by atoms with E-state index < -0.39 is 5.82 Å². The molecule has 0 aliphatic carbocycles. The van der Waals surface area contributed by atoms with Crippen LogP contribution in [0.25, 0.3) is 0 Å². The Balaban J connectivity index is 1.60. The molecule has 0 unspecified atom stereocenters. The van der Waals surface area contributed by atoms with Crippen molar-refractivity contribution in [1.29, 1.82) is 0 Å². The Kier molecular flexibility index (Phi) is 5.45. The van der Waals surface area contributed by atoms with Crippen molar-refractivity contribution in [3.8, 4) is 5.75 Å². The summed E-state index contributed by atoms with van der Waals surface area (Å²) in [7, 11) is 1.80. The fourth-order valence-electron chi connectivity index (χ4n) is 2.62. The van der Waals surface area contributed by atoms with Crippen LogP contribution in [0.2, 0.25) is 0 Å². The summed E-state index contributed by atoms with van der Waals surface area (Å²) in [4.78, 5) is 18.5.